The van der Waals surface area contributed by atoms with E-state index in [4.69, 9.17) is 16.6 Å². The molecule has 0 bridgehead atoms. The lowest BCUT2D eigenvalue weighted by molar-refractivity contribution is -0.138. The number of nitrogens with two attached hydrogens (primary N) is 2. The lowest BCUT2D eigenvalue weighted by Gasteiger charge is -2.03. The quantitative estimate of drug-likeness (QED) is 0.288. The highest BCUT2D eigenvalue weighted by atomic mass is 16.4. The zero-order valence-electron chi connectivity index (χ0n) is 6.94. The van der Waals surface area contributed by atoms with E-state index >= 15 is 0 Å². The SMILES string of the molecule is NC=NCCCCC(N)C(=O)O. The van der Waals surface area contributed by atoms with Crippen molar-refractivity contribution in [1.29, 1.82) is 0 Å². The van der Waals surface area contributed by atoms with Gasteiger partial charge in [0, 0.05) is 6.54 Å². The predicted molar refractivity (Wildman–Crippen MR) is 47.0 cm³/mol. The first-order valence-electron chi connectivity index (χ1n) is 3.87. The van der Waals surface area contributed by atoms with Crippen molar-refractivity contribution in [3.63, 3.8) is 0 Å². The highest BCUT2D eigenvalue weighted by Crippen LogP contribution is 1.98. The number of carboxylic acid groups (broad SMARTS) is 1. The molecule has 0 rings (SSSR count). The maximum atomic E-state index is 10.2. The Bertz CT molecular complexity index is 159. The van der Waals surface area contributed by atoms with Crippen molar-refractivity contribution in [1.82, 2.24) is 0 Å². The third-order valence-electron chi connectivity index (χ3n) is 1.47. The largest absolute Gasteiger partial charge is 0.480 e. The summed E-state index contributed by atoms with van der Waals surface area (Å²) >= 11 is 0. The number of unbranched alkanes of at least 4 members (excludes halogenated alkanes) is 1. The molecule has 70 valence electrons. The second-order valence-electron chi connectivity index (χ2n) is 2.50. The fourth-order valence-corrected chi connectivity index (χ4v) is 0.765. The van der Waals surface area contributed by atoms with Crippen molar-refractivity contribution in [3.05, 3.63) is 0 Å². The van der Waals surface area contributed by atoms with Crippen LogP contribution in [0.5, 0.6) is 0 Å². The normalized spacial score (nSPS) is 13.4. The van der Waals surface area contributed by atoms with Crippen LogP contribution in [0.1, 0.15) is 19.3 Å². The van der Waals surface area contributed by atoms with Gasteiger partial charge in [0.25, 0.3) is 0 Å². The monoisotopic (exact) mass is 173 g/mol. The summed E-state index contributed by atoms with van der Waals surface area (Å²) in [5, 5.41) is 8.41. The highest BCUT2D eigenvalue weighted by molar-refractivity contribution is 5.72. The van der Waals surface area contributed by atoms with Crippen molar-refractivity contribution in [2.75, 3.05) is 6.54 Å². The Morgan fingerprint density at radius 3 is 2.75 bits per heavy atom. The van der Waals surface area contributed by atoms with E-state index < -0.39 is 12.0 Å². The Morgan fingerprint density at radius 1 is 1.58 bits per heavy atom. The molecule has 0 heterocycles. The Balaban J connectivity index is 3.25. The van der Waals surface area contributed by atoms with Gasteiger partial charge in [-0.15, -0.1) is 0 Å². The second kappa shape index (κ2) is 6.60. The molecule has 0 aliphatic heterocycles. The molecule has 5 nitrogen and oxygen atoms in total. The minimum absolute atomic E-state index is 0.495. The predicted octanol–water partition coefficient (Wildman–Crippen LogP) is -0.444. The van der Waals surface area contributed by atoms with Gasteiger partial charge in [-0.05, 0) is 19.3 Å². The standard InChI is InChI=1S/C7H15N3O2/c8-5-10-4-2-1-3-6(9)7(11)12/h5-6H,1-4,9H2,(H2,8,10)(H,11,12). The van der Waals surface area contributed by atoms with Crippen LogP contribution in [0.15, 0.2) is 4.99 Å². The van der Waals surface area contributed by atoms with Gasteiger partial charge in [-0.2, -0.15) is 0 Å². The van der Waals surface area contributed by atoms with Gasteiger partial charge in [0.1, 0.15) is 6.04 Å². The number of aliphatic carboxylic acids is 1. The third-order valence-corrected chi connectivity index (χ3v) is 1.47. The summed E-state index contributed by atoms with van der Waals surface area (Å²) in [5.41, 5.74) is 10.3. The van der Waals surface area contributed by atoms with Crippen molar-refractivity contribution in [2.45, 2.75) is 25.3 Å². The summed E-state index contributed by atoms with van der Waals surface area (Å²) in [6.45, 7) is 0.642. The highest BCUT2D eigenvalue weighted by Gasteiger charge is 2.09. The number of aliphatic imine (C=N–C) groups is 1. The fourth-order valence-electron chi connectivity index (χ4n) is 0.765. The minimum atomic E-state index is -0.947. The first-order valence-corrected chi connectivity index (χ1v) is 3.87. The Labute approximate surface area is 71.5 Å². The van der Waals surface area contributed by atoms with Gasteiger partial charge in [-0.25, -0.2) is 0 Å². The van der Waals surface area contributed by atoms with Crippen LogP contribution in [0.25, 0.3) is 0 Å². The van der Waals surface area contributed by atoms with Gasteiger partial charge in [0.15, 0.2) is 0 Å². The van der Waals surface area contributed by atoms with E-state index in [0.717, 1.165) is 12.8 Å². The number of carbonyl (C=O) groups is 1. The van der Waals surface area contributed by atoms with Crippen LogP contribution < -0.4 is 11.5 Å². The number of hydrogen-bond donors (Lipinski definition) is 3. The first-order chi connectivity index (χ1) is 5.68. The van der Waals surface area contributed by atoms with Crippen molar-refractivity contribution in [2.24, 2.45) is 16.5 Å². The van der Waals surface area contributed by atoms with Crippen LogP contribution >= 0.6 is 0 Å². The summed E-state index contributed by atoms with van der Waals surface area (Å²) < 4.78 is 0. The molecule has 0 aromatic heterocycles. The number of hydrogen-bond acceptors (Lipinski definition) is 3. The van der Waals surface area contributed by atoms with E-state index in [0.29, 0.717) is 13.0 Å². The molecule has 0 aliphatic carbocycles. The molecule has 0 aliphatic rings. The number of carboxylic acids is 1. The van der Waals surface area contributed by atoms with E-state index in [2.05, 4.69) is 4.99 Å². The molecule has 0 amide bonds. The molecule has 0 fully saturated rings. The molecule has 1 atom stereocenters. The summed E-state index contributed by atoms with van der Waals surface area (Å²) in [5.74, 6) is -0.947. The van der Waals surface area contributed by atoms with Gasteiger partial charge in [-0.1, -0.05) is 0 Å². The molecule has 1 unspecified atom stereocenters. The Kier molecular flexibility index (Phi) is 6.00. The van der Waals surface area contributed by atoms with Crippen LogP contribution in [0, 0.1) is 0 Å². The van der Waals surface area contributed by atoms with Gasteiger partial charge < -0.3 is 16.6 Å². The van der Waals surface area contributed by atoms with Crippen LogP contribution in [0.3, 0.4) is 0 Å². The maximum Gasteiger partial charge on any atom is 0.320 e. The summed E-state index contributed by atoms with van der Waals surface area (Å²) in [4.78, 5) is 14.0. The topological polar surface area (TPSA) is 102 Å². The fraction of sp³-hybridized carbons (Fsp3) is 0.714. The van der Waals surface area contributed by atoms with E-state index in [1.807, 2.05) is 0 Å². The molecule has 5 heteroatoms. The van der Waals surface area contributed by atoms with Gasteiger partial charge in [0.2, 0.25) is 0 Å². The van der Waals surface area contributed by atoms with Crippen LogP contribution in [-0.2, 0) is 4.79 Å². The molecule has 0 spiro atoms. The van der Waals surface area contributed by atoms with Gasteiger partial charge in [0.05, 0.1) is 6.34 Å². The molecule has 5 N–H and O–H groups in total. The van der Waals surface area contributed by atoms with Crippen molar-refractivity contribution < 1.29 is 9.90 Å². The lowest BCUT2D eigenvalue weighted by atomic mass is 10.1. The van der Waals surface area contributed by atoms with Crippen molar-refractivity contribution in [3.8, 4) is 0 Å². The summed E-state index contributed by atoms with van der Waals surface area (Å²) in [7, 11) is 0. The Hall–Kier alpha value is -1.10. The minimum Gasteiger partial charge on any atom is -0.480 e. The summed E-state index contributed by atoms with van der Waals surface area (Å²) in [6.07, 6.45) is 3.34. The first kappa shape index (κ1) is 10.9. The summed E-state index contributed by atoms with van der Waals surface area (Å²) in [6, 6.07) is -0.744. The molecule has 0 saturated heterocycles. The lowest BCUT2D eigenvalue weighted by Crippen LogP contribution is -2.29. The number of nitrogens with zero attached hydrogens (tertiary/aromatic N) is 1. The molecule has 0 aromatic rings. The van der Waals surface area contributed by atoms with E-state index in [-0.39, 0.29) is 0 Å². The number of rotatable bonds is 6. The molecular weight excluding hydrogens is 158 g/mol. The smallest absolute Gasteiger partial charge is 0.320 e. The molecule has 12 heavy (non-hydrogen) atoms. The van der Waals surface area contributed by atoms with Crippen molar-refractivity contribution >= 4 is 12.3 Å². The van der Waals surface area contributed by atoms with E-state index in [9.17, 15) is 4.79 Å². The van der Waals surface area contributed by atoms with Crippen LogP contribution in [-0.4, -0.2) is 30.0 Å². The zero-order chi connectivity index (χ0) is 9.40. The molecular formula is C7H15N3O2. The van der Waals surface area contributed by atoms with Crippen LogP contribution in [0.4, 0.5) is 0 Å². The van der Waals surface area contributed by atoms with Gasteiger partial charge >= 0.3 is 5.97 Å². The van der Waals surface area contributed by atoms with E-state index in [1.165, 1.54) is 6.34 Å². The molecule has 0 saturated carbocycles. The van der Waals surface area contributed by atoms with E-state index in [1.54, 1.807) is 0 Å². The zero-order valence-corrected chi connectivity index (χ0v) is 6.94. The Morgan fingerprint density at radius 2 is 2.25 bits per heavy atom. The average molecular weight is 173 g/mol. The molecule has 0 aromatic carbocycles. The maximum absolute atomic E-state index is 10.2. The van der Waals surface area contributed by atoms with Gasteiger partial charge in [-0.3, -0.25) is 9.79 Å². The second-order valence-corrected chi connectivity index (χ2v) is 2.50. The average Bonchev–Trinajstić information content (AvgIpc) is 2.03. The third kappa shape index (κ3) is 5.67. The molecule has 0 radical (unpaired) electrons. The van der Waals surface area contributed by atoms with Crippen LogP contribution in [0.2, 0.25) is 0 Å².